The maximum absolute atomic E-state index is 10.9. The molecule has 0 atom stereocenters. The maximum atomic E-state index is 10.9. The molecule has 0 unspecified atom stereocenters. The molecule has 0 saturated heterocycles. The summed E-state index contributed by atoms with van der Waals surface area (Å²) in [6.07, 6.45) is 0. The molecule has 0 aliphatic rings. The highest BCUT2D eigenvalue weighted by Crippen LogP contribution is 2.45. The van der Waals surface area contributed by atoms with Crippen molar-refractivity contribution in [3.8, 4) is 5.75 Å². The number of methoxy groups -OCH3 is 1. The van der Waals surface area contributed by atoms with Gasteiger partial charge in [-0.15, -0.1) is 22.7 Å². The molecule has 4 rings (SSSR count). The average molecular weight is 315 g/mol. The summed E-state index contributed by atoms with van der Waals surface area (Å²) in [5.74, 6) is 0.844. The highest BCUT2D eigenvalue weighted by Gasteiger charge is 2.15. The van der Waals surface area contributed by atoms with Crippen LogP contribution in [0.4, 0.5) is 5.69 Å². The van der Waals surface area contributed by atoms with E-state index in [4.69, 9.17) is 4.74 Å². The first kappa shape index (κ1) is 12.6. The zero-order chi connectivity index (χ0) is 14.6. The second kappa shape index (κ2) is 4.41. The standard InChI is InChI=1S/C15H9NO3S2/c1-19-9-3-5-11-13(7-9)21-14-10-4-2-8(16(17)18)6-12(10)20-15(11)14/h2-7H,1H3. The largest absolute Gasteiger partial charge is 0.497 e. The molecule has 0 spiro atoms. The summed E-state index contributed by atoms with van der Waals surface area (Å²) < 4.78 is 9.77. The summed E-state index contributed by atoms with van der Waals surface area (Å²) in [6.45, 7) is 0. The third-order valence-corrected chi connectivity index (χ3v) is 5.99. The number of hydrogen-bond donors (Lipinski definition) is 0. The van der Waals surface area contributed by atoms with E-state index in [9.17, 15) is 10.1 Å². The Morgan fingerprint density at radius 1 is 1.00 bits per heavy atom. The van der Waals surface area contributed by atoms with Gasteiger partial charge in [0, 0.05) is 32.3 Å². The third-order valence-electron chi connectivity index (χ3n) is 3.48. The molecule has 2 heterocycles. The number of nitro groups is 1. The van der Waals surface area contributed by atoms with Crippen LogP contribution in [0.5, 0.6) is 5.75 Å². The van der Waals surface area contributed by atoms with E-state index in [-0.39, 0.29) is 10.6 Å². The van der Waals surface area contributed by atoms with Gasteiger partial charge in [-0.05, 0) is 24.3 Å². The quantitative estimate of drug-likeness (QED) is 0.378. The number of non-ortho nitro benzene ring substituents is 1. The Balaban J connectivity index is 2.06. The molecule has 6 heteroatoms. The Morgan fingerprint density at radius 3 is 2.24 bits per heavy atom. The minimum atomic E-state index is -0.351. The number of benzene rings is 2. The SMILES string of the molecule is COc1ccc2c(c1)sc1c3ccc([N+](=O)[O-])cc3sc21. The first-order valence-corrected chi connectivity index (χ1v) is 7.88. The molecule has 104 valence electrons. The summed E-state index contributed by atoms with van der Waals surface area (Å²) in [6, 6.07) is 11.1. The molecule has 0 fully saturated rings. The van der Waals surface area contributed by atoms with Crippen LogP contribution in [-0.2, 0) is 0 Å². The van der Waals surface area contributed by atoms with Crippen molar-refractivity contribution in [2.24, 2.45) is 0 Å². The summed E-state index contributed by atoms with van der Waals surface area (Å²) in [5, 5.41) is 13.1. The molecule has 0 saturated carbocycles. The maximum Gasteiger partial charge on any atom is 0.270 e. The topological polar surface area (TPSA) is 52.4 Å². The molecule has 21 heavy (non-hydrogen) atoms. The van der Waals surface area contributed by atoms with E-state index in [2.05, 4.69) is 6.07 Å². The fraction of sp³-hybridized carbons (Fsp3) is 0.0667. The molecule has 0 N–H and O–H groups in total. The van der Waals surface area contributed by atoms with E-state index >= 15 is 0 Å². The van der Waals surface area contributed by atoms with Crippen molar-refractivity contribution in [3.05, 3.63) is 46.5 Å². The van der Waals surface area contributed by atoms with Crippen LogP contribution in [0, 0.1) is 10.1 Å². The van der Waals surface area contributed by atoms with E-state index in [0.717, 1.165) is 15.8 Å². The summed E-state index contributed by atoms with van der Waals surface area (Å²) in [7, 11) is 1.66. The van der Waals surface area contributed by atoms with Crippen LogP contribution < -0.4 is 4.74 Å². The van der Waals surface area contributed by atoms with Crippen LogP contribution in [-0.4, -0.2) is 12.0 Å². The zero-order valence-corrected chi connectivity index (χ0v) is 12.6. The Kier molecular flexibility index (Phi) is 2.63. The number of ether oxygens (including phenoxy) is 1. The lowest BCUT2D eigenvalue weighted by Crippen LogP contribution is -1.85. The van der Waals surface area contributed by atoms with Crippen LogP contribution in [0.25, 0.3) is 29.6 Å². The Hall–Kier alpha value is -2.18. The van der Waals surface area contributed by atoms with Gasteiger partial charge in [-0.25, -0.2) is 0 Å². The van der Waals surface area contributed by atoms with Crippen LogP contribution in [0.2, 0.25) is 0 Å². The highest BCUT2D eigenvalue weighted by atomic mass is 32.1. The van der Waals surface area contributed by atoms with E-state index in [0.29, 0.717) is 0 Å². The van der Waals surface area contributed by atoms with Crippen molar-refractivity contribution in [3.63, 3.8) is 0 Å². The van der Waals surface area contributed by atoms with Crippen molar-refractivity contribution in [2.75, 3.05) is 7.11 Å². The molecule has 2 aromatic carbocycles. The van der Waals surface area contributed by atoms with Gasteiger partial charge in [0.25, 0.3) is 5.69 Å². The summed E-state index contributed by atoms with van der Waals surface area (Å²) in [4.78, 5) is 10.5. The Bertz CT molecular complexity index is 1020. The molecule has 4 aromatic rings. The fourth-order valence-corrected chi connectivity index (χ4v) is 5.18. The number of fused-ring (bicyclic) bond motifs is 5. The Morgan fingerprint density at radius 2 is 1.62 bits per heavy atom. The third kappa shape index (κ3) is 1.80. The van der Waals surface area contributed by atoms with Gasteiger partial charge in [-0.2, -0.15) is 0 Å². The van der Waals surface area contributed by atoms with E-state index in [1.54, 1.807) is 41.9 Å². The van der Waals surface area contributed by atoms with Crippen molar-refractivity contribution in [1.29, 1.82) is 0 Å². The normalized spacial score (nSPS) is 11.5. The second-order valence-electron chi connectivity index (χ2n) is 4.66. The molecule has 0 aliphatic heterocycles. The molecule has 4 nitrogen and oxygen atoms in total. The molecule has 0 amide bonds. The van der Waals surface area contributed by atoms with Crippen LogP contribution in [0.15, 0.2) is 36.4 Å². The first-order valence-electron chi connectivity index (χ1n) is 6.24. The average Bonchev–Trinajstić information content (AvgIpc) is 3.01. The highest BCUT2D eigenvalue weighted by molar-refractivity contribution is 7.36. The van der Waals surface area contributed by atoms with E-state index in [1.165, 1.54) is 19.5 Å². The smallest absolute Gasteiger partial charge is 0.270 e. The lowest BCUT2D eigenvalue weighted by Gasteiger charge is -1.97. The second-order valence-corrected chi connectivity index (χ2v) is 6.77. The Labute approximate surface area is 127 Å². The fourth-order valence-electron chi connectivity index (χ4n) is 2.47. The van der Waals surface area contributed by atoms with Gasteiger partial charge in [-0.1, -0.05) is 0 Å². The van der Waals surface area contributed by atoms with E-state index < -0.39 is 0 Å². The number of nitrogens with zero attached hydrogens (tertiary/aromatic N) is 1. The van der Waals surface area contributed by atoms with E-state index in [1.807, 2.05) is 18.2 Å². The van der Waals surface area contributed by atoms with Crippen molar-refractivity contribution < 1.29 is 9.66 Å². The van der Waals surface area contributed by atoms with Gasteiger partial charge in [0.2, 0.25) is 0 Å². The lowest BCUT2D eigenvalue weighted by atomic mass is 10.2. The lowest BCUT2D eigenvalue weighted by molar-refractivity contribution is -0.384. The van der Waals surface area contributed by atoms with Gasteiger partial charge in [0.05, 0.1) is 21.4 Å². The van der Waals surface area contributed by atoms with Gasteiger partial charge in [0.15, 0.2) is 0 Å². The molecule has 0 aliphatic carbocycles. The summed E-state index contributed by atoms with van der Waals surface area (Å²) in [5.41, 5.74) is 0.141. The van der Waals surface area contributed by atoms with Crippen LogP contribution in [0.3, 0.4) is 0 Å². The van der Waals surface area contributed by atoms with Gasteiger partial charge in [0.1, 0.15) is 5.75 Å². The minimum Gasteiger partial charge on any atom is -0.497 e. The number of nitro benzene ring substituents is 1. The molecule has 0 radical (unpaired) electrons. The number of thiophene rings is 2. The molecule has 2 aromatic heterocycles. The predicted octanol–water partition coefficient (Wildman–Crippen LogP) is 5.19. The van der Waals surface area contributed by atoms with Crippen LogP contribution >= 0.6 is 22.7 Å². The predicted molar refractivity (Wildman–Crippen MR) is 87.9 cm³/mol. The van der Waals surface area contributed by atoms with Crippen molar-refractivity contribution >= 4 is 57.9 Å². The van der Waals surface area contributed by atoms with Gasteiger partial charge in [-0.3, -0.25) is 10.1 Å². The monoisotopic (exact) mass is 315 g/mol. The van der Waals surface area contributed by atoms with Crippen molar-refractivity contribution in [2.45, 2.75) is 0 Å². The molecular formula is C15H9NO3S2. The first-order chi connectivity index (χ1) is 10.2. The van der Waals surface area contributed by atoms with Gasteiger partial charge < -0.3 is 4.74 Å². The summed E-state index contributed by atoms with van der Waals surface area (Å²) >= 11 is 3.31. The molecular weight excluding hydrogens is 306 g/mol. The minimum absolute atomic E-state index is 0.141. The van der Waals surface area contributed by atoms with Crippen molar-refractivity contribution in [1.82, 2.24) is 0 Å². The number of hydrogen-bond acceptors (Lipinski definition) is 5. The van der Waals surface area contributed by atoms with Gasteiger partial charge >= 0.3 is 0 Å². The number of rotatable bonds is 2. The molecule has 0 bridgehead atoms. The zero-order valence-electron chi connectivity index (χ0n) is 11.0. The van der Waals surface area contributed by atoms with Crippen LogP contribution in [0.1, 0.15) is 0 Å².